The minimum atomic E-state index is -0.245. The fourth-order valence-corrected chi connectivity index (χ4v) is 2.63. The summed E-state index contributed by atoms with van der Waals surface area (Å²) in [6.07, 6.45) is 1.95. The summed E-state index contributed by atoms with van der Waals surface area (Å²) < 4.78 is 0.737. The Hall–Kier alpha value is -1.92. The van der Waals surface area contributed by atoms with E-state index in [1.807, 2.05) is 30.3 Å². The van der Waals surface area contributed by atoms with Crippen LogP contribution in [0.15, 0.2) is 59.1 Å². The van der Waals surface area contributed by atoms with Crippen molar-refractivity contribution in [1.29, 1.82) is 0 Å². The molecule has 3 N–H and O–H groups in total. The lowest BCUT2D eigenvalue weighted by molar-refractivity contribution is 0.0943. The van der Waals surface area contributed by atoms with E-state index < -0.39 is 0 Å². The van der Waals surface area contributed by atoms with Crippen LogP contribution in [0.4, 0.5) is 0 Å². The summed E-state index contributed by atoms with van der Waals surface area (Å²) in [5.74, 6) is -0.245. The molecule has 23 heavy (non-hydrogen) atoms. The van der Waals surface area contributed by atoms with Crippen LogP contribution in [-0.4, -0.2) is 17.6 Å². The van der Waals surface area contributed by atoms with Crippen molar-refractivity contribution in [2.24, 2.45) is 0 Å². The van der Waals surface area contributed by atoms with E-state index >= 15 is 0 Å². The Morgan fingerprint density at radius 1 is 1.00 bits per heavy atom. The van der Waals surface area contributed by atoms with Gasteiger partial charge in [0.15, 0.2) is 5.11 Å². The van der Waals surface area contributed by atoms with Gasteiger partial charge in [0.1, 0.15) is 0 Å². The van der Waals surface area contributed by atoms with Crippen LogP contribution in [0.1, 0.15) is 22.3 Å². The maximum absolute atomic E-state index is 12.0. The van der Waals surface area contributed by atoms with Crippen molar-refractivity contribution in [1.82, 2.24) is 16.2 Å². The van der Waals surface area contributed by atoms with Gasteiger partial charge in [-0.15, -0.1) is 0 Å². The number of nitrogens with one attached hydrogen (secondary N) is 3. The van der Waals surface area contributed by atoms with E-state index in [4.69, 9.17) is 12.2 Å². The molecule has 2 aromatic rings. The molecule has 120 valence electrons. The quantitative estimate of drug-likeness (QED) is 0.416. The SMILES string of the molecule is O=C(NNC(=S)NCCCc1ccccc1)c1ccccc1Br. The largest absolute Gasteiger partial charge is 0.361 e. The summed E-state index contributed by atoms with van der Waals surface area (Å²) >= 11 is 8.48. The van der Waals surface area contributed by atoms with E-state index in [0.29, 0.717) is 10.7 Å². The van der Waals surface area contributed by atoms with Crippen LogP contribution in [0, 0.1) is 0 Å². The summed E-state index contributed by atoms with van der Waals surface area (Å²) in [5.41, 5.74) is 7.13. The molecule has 0 heterocycles. The van der Waals surface area contributed by atoms with Gasteiger partial charge in [0.25, 0.3) is 5.91 Å². The molecular formula is C17H18BrN3OS. The van der Waals surface area contributed by atoms with Crippen molar-refractivity contribution in [3.63, 3.8) is 0 Å². The lowest BCUT2D eigenvalue weighted by Crippen LogP contribution is -2.47. The Balaban J connectivity index is 1.65. The summed E-state index contributed by atoms with van der Waals surface area (Å²) in [4.78, 5) is 12.0. The highest BCUT2D eigenvalue weighted by Crippen LogP contribution is 2.15. The maximum Gasteiger partial charge on any atom is 0.270 e. The fraction of sp³-hybridized carbons (Fsp3) is 0.176. The number of carbonyl (C=O) groups excluding carboxylic acids is 1. The number of hydrogen-bond acceptors (Lipinski definition) is 2. The van der Waals surface area contributed by atoms with E-state index in [0.717, 1.165) is 23.9 Å². The normalized spacial score (nSPS) is 9.96. The topological polar surface area (TPSA) is 53.2 Å². The standard InChI is InChI=1S/C17H18BrN3OS/c18-15-11-5-4-10-14(15)16(22)20-21-17(23)19-12-6-9-13-7-2-1-3-8-13/h1-5,7-8,10-11H,6,9,12H2,(H,20,22)(H2,19,21,23). The van der Waals surface area contributed by atoms with Gasteiger partial charge in [0.2, 0.25) is 0 Å². The van der Waals surface area contributed by atoms with E-state index in [-0.39, 0.29) is 5.91 Å². The summed E-state index contributed by atoms with van der Waals surface area (Å²) in [6.45, 7) is 0.742. The van der Waals surface area contributed by atoms with Gasteiger partial charge in [0.05, 0.1) is 5.56 Å². The number of amides is 1. The Bertz CT molecular complexity index is 664. The van der Waals surface area contributed by atoms with E-state index in [1.165, 1.54) is 5.56 Å². The van der Waals surface area contributed by atoms with Crippen LogP contribution in [0.2, 0.25) is 0 Å². The van der Waals surface area contributed by atoms with E-state index in [9.17, 15) is 4.79 Å². The molecule has 4 nitrogen and oxygen atoms in total. The predicted molar refractivity (Wildman–Crippen MR) is 100 cm³/mol. The van der Waals surface area contributed by atoms with Crippen molar-refractivity contribution in [3.05, 3.63) is 70.2 Å². The number of benzene rings is 2. The number of halogens is 1. The van der Waals surface area contributed by atoms with Gasteiger partial charge in [-0.3, -0.25) is 15.6 Å². The van der Waals surface area contributed by atoms with Crippen molar-refractivity contribution in [2.45, 2.75) is 12.8 Å². The molecule has 0 atom stereocenters. The number of rotatable bonds is 5. The molecule has 0 aliphatic carbocycles. The Kier molecular flexibility index (Phi) is 7.03. The first-order chi connectivity index (χ1) is 11.2. The lowest BCUT2D eigenvalue weighted by atomic mass is 10.1. The van der Waals surface area contributed by atoms with Crippen molar-refractivity contribution in [2.75, 3.05) is 6.54 Å². The lowest BCUT2D eigenvalue weighted by Gasteiger charge is -2.12. The van der Waals surface area contributed by atoms with Crippen molar-refractivity contribution >= 4 is 39.2 Å². The Morgan fingerprint density at radius 2 is 1.70 bits per heavy atom. The molecule has 0 saturated heterocycles. The van der Waals surface area contributed by atoms with Gasteiger partial charge in [-0.1, -0.05) is 42.5 Å². The minimum Gasteiger partial charge on any atom is -0.361 e. The first kappa shape index (κ1) is 17.4. The third-order valence-corrected chi connectivity index (χ3v) is 4.12. The smallest absolute Gasteiger partial charge is 0.270 e. The van der Waals surface area contributed by atoms with Crippen molar-refractivity contribution in [3.8, 4) is 0 Å². The molecule has 2 rings (SSSR count). The molecule has 0 aliphatic rings. The zero-order chi connectivity index (χ0) is 16.5. The van der Waals surface area contributed by atoms with Crippen LogP contribution >= 0.6 is 28.1 Å². The number of carbonyl (C=O) groups is 1. The second-order valence-electron chi connectivity index (χ2n) is 4.90. The summed E-state index contributed by atoms with van der Waals surface area (Å²) in [5, 5.41) is 3.47. The van der Waals surface area contributed by atoms with Crippen LogP contribution < -0.4 is 16.2 Å². The van der Waals surface area contributed by atoms with Gasteiger partial charge < -0.3 is 5.32 Å². The van der Waals surface area contributed by atoms with Crippen LogP contribution in [0.25, 0.3) is 0 Å². The van der Waals surface area contributed by atoms with Crippen LogP contribution in [0.5, 0.6) is 0 Å². The molecule has 0 saturated carbocycles. The zero-order valence-corrected chi connectivity index (χ0v) is 14.9. The molecule has 1 amide bonds. The average molecular weight is 392 g/mol. The van der Waals surface area contributed by atoms with E-state index in [2.05, 4.69) is 44.2 Å². The van der Waals surface area contributed by atoms with Crippen LogP contribution in [-0.2, 0) is 6.42 Å². The molecule has 0 aliphatic heterocycles. The number of hydrazine groups is 1. The van der Waals surface area contributed by atoms with Gasteiger partial charge in [-0.05, 0) is 58.7 Å². The predicted octanol–water partition coefficient (Wildman–Crippen LogP) is 3.19. The molecule has 0 fully saturated rings. The van der Waals surface area contributed by atoms with E-state index in [1.54, 1.807) is 12.1 Å². The maximum atomic E-state index is 12.0. The van der Waals surface area contributed by atoms with Gasteiger partial charge in [-0.2, -0.15) is 0 Å². The second-order valence-corrected chi connectivity index (χ2v) is 6.17. The highest BCUT2D eigenvalue weighted by molar-refractivity contribution is 9.10. The molecule has 2 aromatic carbocycles. The Morgan fingerprint density at radius 3 is 2.43 bits per heavy atom. The highest BCUT2D eigenvalue weighted by atomic mass is 79.9. The van der Waals surface area contributed by atoms with Gasteiger partial charge in [-0.25, -0.2) is 0 Å². The molecular weight excluding hydrogens is 374 g/mol. The van der Waals surface area contributed by atoms with Gasteiger partial charge in [0, 0.05) is 11.0 Å². The first-order valence-electron chi connectivity index (χ1n) is 7.29. The molecule has 0 aromatic heterocycles. The van der Waals surface area contributed by atoms with Gasteiger partial charge >= 0.3 is 0 Å². The molecule has 0 unspecified atom stereocenters. The third kappa shape index (κ3) is 6.00. The van der Waals surface area contributed by atoms with Crippen LogP contribution in [0.3, 0.4) is 0 Å². The van der Waals surface area contributed by atoms with Crippen molar-refractivity contribution < 1.29 is 4.79 Å². The molecule has 6 heteroatoms. The highest BCUT2D eigenvalue weighted by Gasteiger charge is 2.08. The Labute approximate surface area is 149 Å². The second kappa shape index (κ2) is 9.27. The number of hydrogen-bond donors (Lipinski definition) is 3. The number of thiocarbonyl (C=S) groups is 1. The summed E-state index contributed by atoms with van der Waals surface area (Å²) in [7, 11) is 0. The number of aryl methyl sites for hydroxylation is 1. The zero-order valence-electron chi connectivity index (χ0n) is 12.5. The third-order valence-electron chi connectivity index (χ3n) is 3.18. The molecule has 0 spiro atoms. The fourth-order valence-electron chi connectivity index (χ4n) is 2.01. The molecule has 0 bridgehead atoms. The summed E-state index contributed by atoms with van der Waals surface area (Å²) in [6, 6.07) is 17.5. The minimum absolute atomic E-state index is 0.245. The average Bonchev–Trinajstić information content (AvgIpc) is 2.58. The first-order valence-corrected chi connectivity index (χ1v) is 8.49. The molecule has 0 radical (unpaired) electrons. The monoisotopic (exact) mass is 391 g/mol.